The van der Waals surface area contributed by atoms with Crippen LogP contribution in [0.25, 0.3) is 0 Å². The van der Waals surface area contributed by atoms with E-state index >= 15 is 0 Å². The van der Waals surface area contributed by atoms with Gasteiger partial charge in [0.1, 0.15) is 6.04 Å². The molecule has 2 unspecified atom stereocenters. The SMILES string of the molecule is Cc1cccc(N2CC(C)NC(=O)C2CO)c1C. The van der Waals surface area contributed by atoms with Crippen molar-refractivity contribution in [2.75, 3.05) is 18.1 Å². The van der Waals surface area contributed by atoms with E-state index in [1.54, 1.807) is 0 Å². The van der Waals surface area contributed by atoms with E-state index in [1.807, 2.05) is 24.0 Å². The van der Waals surface area contributed by atoms with E-state index < -0.39 is 6.04 Å². The first-order valence-electron chi connectivity index (χ1n) is 6.28. The predicted octanol–water partition coefficient (Wildman–Crippen LogP) is 0.989. The molecule has 1 saturated heterocycles. The van der Waals surface area contributed by atoms with E-state index in [0.29, 0.717) is 0 Å². The maximum absolute atomic E-state index is 11.9. The molecule has 18 heavy (non-hydrogen) atoms. The monoisotopic (exact) mass is 248 g/mol. The lowest BCUT2D eigenvalue weighted by Crippen LogP contribution is -2.60. The fourth-order valence-corrected chi connectivity index (χ4v) is 2.44. The summed E-state index contributed by atoms with van der Waals surface area (Å²) >= 11 is 0. The standard InChI is InChI=1S/C14H20N2O2/c1-9-5-4-6-12(11(9)3)16-7-10(2)15-14(18)13(16)8-17/h4-6,10,13,17H,7-8H2,1-3H3,(H,15,18). The topological polar surface area (TPSA) is 52.6 Å². The van der Waals surface area contributed by atoms with Crippen LogP contribution in [0.4, 0.5) is 5.69 Å². The number of anilines is 1. The Morgan fingerprint density at radius 3 is 2.83 bits per heavy atom. The van der Waals surface area contributed by atoms with E-state index in [1.165, 1.54) is 5.56 Å². The summed E-state index contributed by atoms with van der Waals surface area (Å²) in [4.78, 5) is 13.9. The molecule has 1 heterocycles. The van der Waals surface area contributed by atoms with Crippen LogP contribution in [-0.2, 0) is 4.79 Å². The van der Waals surface area contributed by atoms with Crippen molar-refractivity contribution in [2.45, 2.75) is 32.9 Å². The lowest BCUT2D eigenvalue weighted by molar-refractivity contribution is -0.125. The third kappa shape index (κ3) is 2.20. The Bertz CT molecular complexity index is 459. The van der Waals surface area contributed by atoms with Gasteiger partial charge in [0.2, 0.25) is 5.91 Å². The molecule has 2 N–H and O–H groups in total. The first kappa shape index (κ1) is 12.9. The van der Waals surface area contributed by atoms with Crippen molar-refractivity contribution in [1.29, 1.82) is 0 Å². The molecule has 2 atom stereocenters. The van der Waals surface area contributed by atoms with Gasteiger partial charge in [-0.25, -0.2) is 0 Å². The quantitative estimate of drug-likeness (QED) is 0.820. The lowest BCUT2D eigenvalue weighted by atomic mass is 10.0. The Hall–Kier alpha value is -1.55. The molecule has 1 aliphatic heterocycles. The molecule has 4 heteroatoms. The molecule has 2 rings (SSSR count). The molecular formula is C14H20N2O2. The molecule has 1 amide bonds. The Kier molecular flexibility index (Phi) is 3.57. The third-order valence-electron chi connectivity index (χ3n) is 3.60. The van der Waals surface area contributed by atoms with Crippen molar-refractivity contribution in [1.82, 2.24) is 5.32 Å². The number of nitrogens with one attached hydrogen (secondary N) is 1. The van der Waals surface area contributed by atoms with Gasteiger partial charge < -0.3 is 15.3 Å². The molecule has 1 aromatic carbocycles. The second-order valence-electron chi connectivity index (χ2n) is 4.98. The van der Waals surface area contributed by atoms with Gasteiger partial charge in [-0.3, -0.25) is 4.79 Å². The number of aryl methyl sites for hydroxylation is 1. The van der Waals surface area contributed by atoms with Crippen LogP contribution in [0, 0.1) is 13.8 Å². The number of aliphatic hydroxyl groups is 1. The first-order valence-corrected chi connectivity index (χ1v) is 6.28. The van der Waals surface area contributed by atoms with Crippen molar-refractivity contribution in [3.63, 3.8) is 0 Å². The minimum absolute atomic E-state index is 0.0974. The van der Waals surface area contributed by atoms with E-state index in [2.05, 4.69) is 25.2 Å². The number of benzene rings is 1. The van der Waals surface area contributed by atoms with E-state index in [0.717, 1.165) is 17.8 Å². The zero-order chi connectivity index (χ0) is 13.3. The Balaban J connectivity index is 2.40. The Labute approximate surface area is 108 Å². The van der Waals surface area contributed by atoms with Gasteiger partial charge in [-0.15, -0.1) is 0 Å². The molecule has 1 fully saturated rings. The molecule has 0 radical (unpaired) electrons. The fourth-order valence-electron chi connectivity index (χ4n) is 2.44. The maximum atomic E-state index is 11.9. The number of hydrogen-bond donors (Lipinski definition) is 2. The van der Waals surface area contributed by atoms with Gasteiger partial charge >= 0.3 is 0 Å². The van der Waals surface area contributed by atoms with E-state index in [4.69, 9.17) is 0 Å². The predicted molar refractivity (Wildman–Crippen MR) is 71.7 cm³/mol. The summed E-state index contributed by atoms with van der Waals surface area (Å²) in [7, 11) is 0. The van der Waals surface area contributed by atoms with Crippen molar-refractivity contribution in [3.8, 4) is 0 Å². The molecule has 0 bridgehead atoms. The summed E-state index contributed by atoms with van der Waals surface area (Å²) in [5, 5.41) is 12.3. The van der Waals surface area contributed by atoms with Crippen molar-refractivity contribution in [3.05, 3.63) is 29.3 Å². The second-order valence-corrected chi connectivity index (χ2v) is 4.98. The number of amides is 1. The molecule has 0 spiro atoms. The van der Waals surface area contributed by atoms with Gasteiger partial charge in [0.05, 0.1) is 6.61 Å². The van der Waals surface area contributed by atoms with Crippen molar-refractivity contribution < 1.29 is 9.90 Å². The van der Waals surface area contributed by atoms with Gasteiger partial charge in [0, 0.05) is 18.3 Å². The molecule has 1 aromatic rings. The van der Waals surface area contributed by atoms with Crippen LogP contribution >= 0.6 is 0 Å². The zero-order valence-corrected chi connectivity index (χ0v) is 11.1. The smallest absolute Gasteiger partial charge is 0.245 e. The molecular weight excluding hydrogens is 228 g/mol. The average molecular weight is 248 g/mol. The maximum Gasteiger partial charge on any atom is 0.245 e. The minimum Gasteiger partial charge on any atom is -0.394 e. The fraction of sp³-hybridized carbons (Fsp3) is 0.500. The molecule has 0 aromatic heterocycles. The number of piperazine rings is 1. The highest BCUT2D eigenvalue weighted by molar-refractivity contribution is 5.87. The second kappa shape index (κ2) is 4.98. The summed E-state index contributed by atoms with van der Waals surface area (Å²) in [5.41, 5.74) is 3.40. The number of carbonyl (C=O) groups is 1. The summed E-state index contributed by atoms with van der Waals surface area (Å²) in [6.07, 6.45) is 0. The Morgan fingerprint density at radius 2 is 2.17 bits per heavy atom. The number of aliphatic hydroxyl groups excluding tert-OH is 1. The first-order chi connectivity index (χ1) is 8.54. The van der Waals surface area contributed by atoms with E-state index in [9.17, 15) is 9.90 Å². The molecule has 4 nitrogen and oxygen atoms in total. The van der Waals surface area contributed by atoms with Gasteiger partial charge in [-0.2, -0.15) is 0 Å². The third-order valence-corrected chi connectivity index (χ3v) is 3.60. The highest BCUT2D eigenvalue weighted by atomic mass is 16.3. The summed E-state index contributed by atoms with van der Waals surface area (Å²) in [6, 6.07) is 5.67. The van der Waals surface area contributed by atoms with Crippen LogP contribution in [0.1, 0.15) is 18.1 Å². The van der Waals surface area contributed by atoms with Crippen LogP contribution in [-0.4, -0.2) is 36.2 Å². The van der Waals surface area contributed by atoms with Crippen LogP contribution in [0.5, 0.6) is 0 Å². The molecule has 1 aliphatic rings. The zero-order valence-electron chi connectivity index (χ0n) is 11.1. The average Bonchev–Trinajstić information content (AvgIpc) is 2.32. The van der Waals surface area contributed by atoms with Gasteiger partial charge in [0.15, 0.2) is 0 Å². The normalized spacial score (nSPS) is 24.0. The van der Waals surface area contributed by atoms with E-state index in [-0.39, 0.29) is 18.6 Å². The lowest BCUT2D eigenvalue weighted by Gasteiger charge is -2.40. The molecule has 98 valence electrons. The van der Waals surface area contributed by atoms with Crippen LogP contribution in [0.15, 0.2) is 18.2 Å². The van der Waals surface area contributed by atoms with Crippen molar-refractivity contribution in [2.24, 2.45) is 0 Å². The number of hydrogen-bond acceptors (Lipinski definition) is 3. The van der Waals surface area contributed by atoms with Gasteiger partial charge in [-0.1, -0.05) is 12.1 Å². The van der Waals surface area contributed by atoms with Crippen molar-refractivity contribution >= 4 is 11.6 Å². The van der Waals surface area contributed by atoms with Gasteiger partial charge in [0.25, 0.3) is 0 Å². The summed E-state index contributed by atoms with van der Waals surface area (Å²) in [6.45, 7) is 6.65. The minimum atomic E-state index is -0.485. The molecule has 0 aliphatic carbocycles. The van der Waals surface area contributed by atoms with Crippen LogP contribution in [0.3, 0.4) is 0 Å². The highest BCUT2D eigenvalue weighted by Crippen LogP contribution is 2.26. The largest absolute Gasteiger partial charge is 0.394 e. The Morgan fingerprint density at radius 1 is 1.44 bits per heavy atom. The van der Waals surface area contributed by atoms with Crippen LogP contribution in [0.2, 0.25) is 0 Å². The highest BCUT2D eigenvalue weighted by Gasteiger charge is 2.33. The number of carbonyl (C=O) groups excluding carboxylic acids is 1. The summed E-state index contributed by atoms with van der Waals surface area (Å²) < 4.78 is 0. The summed E-state index contributed by atoms with van der Waals surface area (Å²) in [5.74, 6) is -0.0999. The molecule has 0 saturated carbocycles. The van der Waals surface area contributed by atoms with Crippen LogP contribution < -0.4 is 10.2 Å². The number of nitrogens with zero attached hydrogens (tertiary/aromatic N) is 1. The van der Waals surface area contributed by atoms with Gasteiger partial charge in [-0.05, 0) is 38.0 Å². The number of rotatable bonds is 2.